The van der Waals surface area contributed by atoms with E-state index in [1.807, 2.05) is 6.07 Å². The molecule has 1 heterocycles. The zero-order valence-electron chi connectivity index (χ0n) is 13.0. The van der Waals surface area contributed by atoms with Crippen molar-refractivity contribution in [3.63, 3.8) is 0 Å². The molecule has 0 spiro atoms. The van der Waals surface area contributed by atoms with Crippen molar-refractivity contribution in [3.8, 4) is 0 Å². The van der Waals surface area contributed by atoms with Gasteiger partial charge in [-0.2, -0.15) is 0 Å². The highest BCUT2D eigenvalue weighted by molar-refractivity contribution is 5.74. The summed E-state index contributed by atoms with van der Waals surface area (Å²) in [5.74, 6) is 2.35. The SMILES string of the molecule is CC(C)[C@@H](NC[C@@H]1CC=CCC1)c1nc2ccccc2[nH]1. The number of benzene rings is 1. The Morgan fingerprint density at radius 1 is 1.29 bits per heavy atom. The Hall–Kier alpha value is -1.61. The van der Waals surface area contributed by atoms with E-state index in [-0.39, 0.29) is 0 Å². The third-order valence-corrected chi connectivity index (χ3v) is 4.37. The average Bonchev–Trinajstić information content (AvgIpc) is 2.91. The van der Waals surface area contributed by atoms with E-state index in [4.69, 9.17) is 4.98 Å². The number of rotatable bonds is 5. The molecule has 0 bridgehead atoms. The maximum atomic E-state index is 4.77. The number of aromatic amines is 1. The Balaban J connectivity index is 1.72. The molecular weight excluding hydrogens is 258 g/mol. The number of nitrogens with one attached hydrogen (secondary N) is 2. The summed E-state index contributed by atoms with van der Waals surface area (Å²) in [6.07, 6.45) is 8.35. The number of H-pyrrole nitrogens is 1. The molecular formula is C18H25N3. The van der Waals surface area contributed by atoms with Crippen molar-refractivity contribution >= 4 is 11.0 Å². The van der Waals surface area contributed by atoms with Crippen molar-refractivity contribution in [3.05, 3.63) is 42.2 Å². The summed E-state index contributed by atoms with van der Waals surface area (Å²) >= 11 is 0. The Morgan fingerprint density at radius 2 is 2.14 bits per heavy atom. The van der Waals surface area contributed by atoms with E-state index in [9.17, 15) is 0 Å². The van der Waals surface area contributed by atoms with E-state index in [1.54, 1.807) is 0 Å². The molecule has 0 aliphatic heterocycles. The first kappa shape index (κ1) is 14.3. The lowest BCUT2D eigenvalue weighted by atomic mass is 9.93. The first-order valence-corrected chi connectivity index (χ1v) is 8.07. The predicted molar refractivity (Wildman–Crippen MR) is 88.2 cm³/mol. The molecule has 3 rings (SSSR count). The second-order valence-electron chi connectivity index (χ2n) is 6.42. The normalized spacial score (nSPS) is 20.2. The standard InChI is InChI=1S/C18H25N3/c1-13(2)17(19-12-14-8-4-3-5-9-14)18-20-15-10-6-7-11-16(15)21-18/h3-4,6-7,10-11,13-14,17,19H,5,8-9,12H2,1-2H3,(H,20,21)/t14-,17-/m1/s1. The molecule has 3 heteroatoms. The van der Waals surface area contributed by atoms with E-state index in [0.717, 1.165) is 29.3 Å². The number of para-hydroxylation sites is 2. The minimum Gasteiger partial charge on any atom is -0.341 e. The van der Waals surface area contributed by atoms with Crippen LogP contribution in [0.15, 0.2) is 36.4 Å². The minimum absolute atomic E-state index is 0.295. The number of allylic oxidation sites excluding steroid dienone is 2. The molecule has 1 aliphatic rings. The third kappa shape index (κ3) is 3.35. The average molecular weight is 283 g/mol. The molecule has 2 atom stereocenters. The van der Waals surface area contributed by atoms with E-state index < -0.39 is 0 Å². The highest BCUT2D eigenvalue weighted by atomic mass is 15.0. The number of fused-ring (bicyclic) bond motifs is 1. The lowest BCUT2D eigenvalue weighted by molar-refractivity contribution is 0.347. The van der Waals surface area contributed by atoms with Crippen LogP contribution in [0.1, 0.15) is 45.0 Å². The van der Waals surface area contributed by atoms with Gasteiger partial charge in [-0.05, 0) is 49.8 Å². The number of nitrogens with zero attached hydrogens (tertiary/aromatic N) is 1. The maximum Gasteiger partial charge on any atom is 0.124 e. The van der Waals surface area contributed by atoms with Crippen molar-refractivity contribution in [1.29, 1.82) is 0 Å². The molecule has 3 nitrogen and oxygen atoms in total. The Bertz CT molecular complexity index is 579. The van der Waals surface area contributed by atoms with Crippen molar-refractivity contribution in [2.75, 3.05) is 6.54 Å². The fourth-order valence-electron chi connectivity index (χ4n) is 3.10. The Morgan fingerprint density at radius 3 is 2.86 bits per heavy atom. The molecule has 21 heavy (non-hydrogen) atoms. The van der Waals surface area contributed by atoms with Gasteiger partial charge in [0.1, 0.15) is 5.82 Å². The van der Waals surface area contributed by atoms with Gasteiger partial charge < -0.3 is 10.3 Å². The van der Waals surface area contributed by atoms with Crippen LogP contribution in [0.3, 0.4) is 0 Å². The zero-order valence-corrected chi connectivity index (χ0v) is 13.0. The van der Waals surface area contributed by atoms with E-state index >= 15 is 0 Å². The van der Waals surface area contributed by atoms with Crippen LogP contribution in [0.25, 0.3) is 11.0 Å². The Labute approximate surface area is 126 Å². The van der Waals surface area contributed by atoms with E-state index in [1.165, 1.54) is 19.3 Å². The number of hydrogen-bond donors (Lipinski definition) is 2. The second kappa shape index (κ2) is 6.44. The molecule has 0 fully saturated rings. The third-order valence-electron chi connectivity index (χ3n) is 4.37. The van der Waals surface area contributed by atoms with Gasteiger partial charge in [-0.15, -0.1) is 0 Å². The molecule has 1 aromatic heterocycles. The van der Waals surface area contributed by atoms with Crippen molar-refractivity contribution in [2.24, 2.45) is 11.8 Å². The van der Waals surface area contributed by atoms with Crippen molar-refractivity contribution < 1.29 is 0 Å². The van der Waals surface area contributed by atoms with Gasteiger partial charge in [0, 0.05) is 0 Å². The first-order chi connectivity index (χ1) is 10.2. The van der Waals surface area contributed by atoms with Gasteiger partial charge in [-0.1, -0.05) is 38.1 Å². The van der Waals surface area contributed by atoms with Crippen LogP contribution < -0.4 is 5.32 Å². The van der Waals surface area contributed by atoms with Gasteiger partial charge in [0.05, 0.1) is 17.1 Å². The summed E-state index contributed by atoms with van der Waals surface area (Å²) in [4.78, 5) is 8.24. The van der Waals surface area contributed by atoms with Crippen molar-refractivity contribution in [1.82, 2.24) is 15.3 Å². The largest absolute Gasteiger partial charge is 0.341 e. The molecule has 0 saturated carbocycles. The zero-order chi connectivity index (χ0) is 14.7. The summed E-state index contributed by atoms with van der Waals surface area (Å²) in [7, 11) is 0. The smallest absolute Gasteiger partial charge is 0.124 e. The predicted octanol–water partition coefficient (Wildman–Crippen LogP) is 4.21. The van der Waals surface area contributed by atoms with Gasteiger partial charge >= 0.3 is 0 Å². The highest BCUT2D eigenvalue weighted by Gasteiger charge is 2.20. The quantitative estimate of drug-likeness (QED) is 0.807. The molecule has 0 saturated heterocycles. The minimum atomic E-state index is 0.295. The maximum absolute atomic E-state index is 4.77. The van der Waals surface area contributed by atoms with Crippen LogP contribution in [0, 0.1) is 11.8 Å². The van der Waals surface area contributed by atoms with E-state index in [0.29, 0.717) is 12.0 Å². The fraction of sp³-hybridized carbons (Fsp3) is 0.500. The van der Waals surface area contributed by atoms with Crippen LogP contribution in [0.5, 0.6) is 0 Å². The van der Waals surface area contributed by atoms with Crippen molar-refractivity contribution in [2.45, 2.75) is 39.2 Å². The fourth-order valence-corrected chi connectivity index (χ4v) is 3.10. The van der Waals surface area contributed by atoms with E-state index in [2.05, 4.69) is 54.5 Å². The Kier molecular flexibility index (Phi) is 4.39. The lowest BCUT2D eigenvalue weighted by Crippen LogP contribution is -2.31. The molecule has 0 unspecified atom stereocenters. The van der Waals surface area contributed by atoms with Gasteiger partial charge in [0.2, 0.25) is 0 Å². The molecule has 1 aliphatic carbocycles. The second-order valence-corrected chi connectivity index (χ2v) is 6.42. The molecule has 112 valence electrons. The molecule has 2 N–H and O–H groups in total. The number of aromatic nitrogens is 2. The summed E-state index contributed by atoms with van der Waals surface area (Å²) in [5, 5.41) is 3.74. The monoisotopic (exact) mass is 283 g/mol. The number of imidazole rings is 1. The molecule has 1 aromatic carbocycles. The van der Waals surface area contributed by atoms with Crippen LogP contribution >= 0.6 is 0 Å². The van der Waals surface area contributed by atoms with Gasteiger partial charge in [0.15, 0.2) is 0 Å². The summed E-state index contributed by atoms with van der Waals surface area (Å²) in [6.45, 7) is 5.58. The van der Waals surface area contributed by atoms with Gasteiger partial charge in [0.25, 0.3) is 0 Å². The highest BCUT2D eigenvalue weighted by Crippen LogP contribution is 2.24. The van der Waals surface area contributed by atoms with Gasteiger partial charge in [-0.3, -0.25) is 0 Å². The van der Waals surface area contributed by atoms with Crippen LogP contribution in [-0.2, 0) is 0 Å². The summed E-state index contributed by atoms with van der Waals surface area (Å²) in [6, 6.07) is 8.55. The number of hydrogen-bond acceptors (Lipinski definition) is 2. The van der Waals surface area contributed by atoms with Crippen LogP contribution in [0.4, 0.5) is 0 Å². The van der Waals surface area contributed by atoms with Gasteiger partial charge in [-0.25, -0.2) is 4.98 Å². The first-order valence-electron chi connectivity index (χ1n) is 8.07. The summed E-state index contributed by atoms with van der Waals surface area (Å²) in [5.41, 5.74) is 2.18. The molecule has 0 radical (unpaired) electrons. The molecule has 0 amide bonds. The topological polar surface area (TPSA) is 40.7 Å². The molecule has 2 aromatic rings. The van der Waals surface area contributed by atoms with Crippen LogP contribution in [-0.4, -0.2) is 16.5 Å². The van der Waals surface area contributed by atoms with Crippen LogP contribution in [0.2, 0.25) is 0 Å². The lowest BCUT2D eigenvalue weighted by Gasteiger charge is -2.25. The summed E-state index contributed by atoms with van der Waals surface area (Å²) < 4.78 is 0.